The molecule has 0 N–H and O–H groups in total. The van der Waals surface area contributed by atoms with Crippen LogP contribution in [0.25, 0.3) is 0 Å². The highest BCUT2D eigenvalue weighted by Crippen LogP contribution is 2.15. The van der Waals surface area contributed by atoms with Crippen LogP contribution in [0.5, 0.6) is 0 Å². The van der Waals surface area contributed by atoms with Gasteiger partial charge in [0.05, 0.1) is 19.0 Å². The van der Waals surface area contributed by atoms with Crippen LogP contribution in [0, 0.1) is 0 Å². The fourth-order valence-electron chi connectivity index (χ4n) is 1.96. The van der Waals surface area contributed by atoms with E-state index in [1.165, 1.54) is 12.4 Å². The van der Waals surface area contributed by atoms with E-state index in [0.717, 1.165) is 11.3 Å². The van der Waals surface area contributed by atoms with Crippen LogP contribution in [0.1, 0.15) is 21.8 Å². The van der Waals surface area contributed by atoms with E-state index in [9.17, 15) is 4.79 Å². The first-order chi connectivity index (χ1) is 10.3. The van der Waals surface area contributed by atoms with Crippen molar-refractivity contribution in [2.24, 2.45) is 0 Å². The molecule has 1 amide bonds. The number of furan rings is 1. The Labute approximate surface area is 125 Å². The molecule has 0 saturated heterocycles. The second kappa shape index (κ2) is 6.32. The molecule has 0 aliphatic heterocycles. The molecule has 3 aromatic heterocycles. The number of carbonyl (C=O) groups excluding carboxylic acids is 1. The number of carbonyl (C=O) groups is 1. The Balaban J connectivity index is 1.82. The minimum absolute atomic E-state index is 0.161. The van der Waals surface area contributed by atoms with Gasteiger partial charge in [-0.2, -0.15) is 11.3 Å². The van der Waals surface area contributed by atoms with Gasteiger partial charge >= 0.3 is 0 Å². The van der Waals surface area contributed by atoms with Crippen LogP contribution in [-0.2, 0) is 13.1 Å². The lowest BCUT2D eigenvalue weighted by atomic mass is 10.2. The smallest absolute Gasteiger partial charge is 0.274 e. The van der Waals surface area contributed by atoms with E-state index in [1.807, 2.05) is 29.0 Å². The summed E-state index contributed by atoms with van der Waals surface area (Å²) in [5, 5.41) is 4.02. The molecular formula is C15H13N3O2S. The Morgan fingerprint density at radius 3 is 2.90 bits per heavy atom. The van der Waals surface area contributed by atoms with Gasteiger partial charge < -0.3 is 9.32 Å². The van der Waals surface area contributed by atoms with Crippen molar-refractivity contribution in [3.8, 4) is 0 Å². The average molecular weight is 299 g/mol. The maximum absolute atomic E-state index is 12.6. The van der Waals surface area contributed by atoms with Crippen LogP contribution in [0.2, 0.25) is 0 Å². The number of thiophene rings is 1. The van der Waals surface area contributed by atoms with Gasteiger partial charge in [0, 0.05) is 18.9 Å². The largest absolute Gasteiger partial charge is 0.467 e. The van der Waals surface area contributed by atoms with E-state index < -0.39 is 0 Å². The standard InChI is InChI=1S/C15H13N3O2S/c19-15(14-8-16-4-5-17-14)18(9-12-3-7-21-11-12)10-13-2-1-6-20-13/h1-8,11H,9-10H2. The highest BCUT2D eigenvalue weighted by atomic mass is 32.1. The molecule has 6 heteroatoms. The minimum atomic E-state index is -0.161. The Hall–Kier alpha value is -2.47. The zero-order chi connectivity index (χ0) is 14.5. The van der Waals surface area contributed by atoms with Crippen molar-refractivity contribution in [2.45, 2.75) is 13.1 Å². The predicted molar refractivity (Wildman–Crippen MR) is 78.6 cm³/mol. The monoisotopic (exact) mass is 299 g/mol. The molecule has 0 unspecified atom stereocenters. The molecule has 0 radical (unpaired) electrons. The van der Waals surface area contributed by atoms with Crippen molar-refractivity contribution in [3.63, 3.8) is 0 Å². The summed E-state index contributed by atoms with van der Waals surface area (Å²) in [5.41, 5.74) is 1.42. The lowest BCUT2D eigenvalue weighted by Gasteiger charge is -2.20. The molecule has 3 rings (SSSR count). The summed E-state index contributed by atoms with van der Waals surface area (Å²) < 4.78 is 5.34. The zero-order valence-electron chi connectivity index (χ0n) is 11.2. The summed E-state index contributed by atoms with van der Waals surface area (Å²) in [7, 11) is 0. The molecule has 0 bridgehead atoms. The fourth-order valence-corrected chi connectivity index (χ4v) is 2.62. The van der Waals surface area contributed by atoms with Gasteiger partial charge in [0.25, 0.3) is 5.91 Å². The van der Waals surface area contributed by atoms with Crippen molar-refractivity contribution < 1.29 is 9.21 Å². The summed E-state index contributed by atoms with van der Waals surface area (Å²) >= 11 is 1.61. The Morgan fingerprint density at radius 2 is 2.24 bits per heavy atom. The van der Waals surface area contributed by atoms with E-state index in [1.54, 1.807) is 28.7 Å². The van der Waals surface area contributed by atoms with Crippen LogP contribution < -0.4 is 0 Å². The topological polar surface area (TPSA) is 59.2 Å². The Morgan fingerprint density at radius 1 is 1.29 bits per heavy atom. The molecular weight excluding hydrogens is 286 g/mol. The number of amides is 1. The highest BCUT2D eigenvalue weighted by molar-refractivity contribution is 7.07. The van der Waals surface area contributed by atoms with E-state index >= 15 is 0 Å². The number of aromatic nitrogens is 2. The number of hydrogen-bond acceptors (Lipinski definition) is 5. The summed E-state index contributed by atoms with van der Waals surface area (Å²) in [4.78, 5) is 22.3. The molecule has 0 fully saturated rings. The summed E-state index contributed by atoms with van der Waals surface area (Å²) in [6, 6.07) is 5.67. The summed E-state index contributed by atoms with van der Waals surface area (Å²) in [6.45, 7) is 0.915. The van der Waals surface area contributed by atoms with Gasteiger partial charge in [0.15, 0.2) is 0 Å². The molecule has 3 heterocycles. The normalized spacial score (nSPS) is 10.5. The number of hydrogen-bond donors (Lipinski definition) is 0. The summed E-state index contributed by atoms with van der Waals surface area (Å²) in [6.07, 6.45) is 6.14. The molecule has 106 valence electrons. The Bertz CT molecular complexity index is 645. The number of rotatable bonds is 5. The quantitative estimate of drug-likeness (QED) is 0.726. The molecule has 21 heavy (non-hydrogen) atoms. The first kappa shape index (κ1) is 13.5. The van der Waals surface area contributed by atoms with Crippen LogP contribution in [0.4, 0.5) is 0 Å². The van der Waals surface area contributed by atoms with E-state index in [4.69, 9.17) is 4.42 Å². The highest BCUT2D eigenvalue weighted by Gasteiger charge is 2.19. The fraction of sp³-hybridized carbons (Fsp3) is 0.133. The molecule has 0 aliphatic rings. The van der Waals surface area contributed by atoms with Gasteiger partial charge in [-0.3, -0.25) is 9.78 Å². The van der Waals surface area contributed by atoms with Gasteiger partial charge in [-0.05, 0) is 34.5 Å². The van der Waals surface area contributed by atoms with Crippen molar-refractivity contribution in [3.05, 3.63) is 70.8 Å². The molecule has 0 spiro atoms. The second-order valence-corrected chi connectivity index (χ2v) is 5.24. The first-order valence-electron chi connectivity index (χ1n) is 6.41. The number of nitrogens with zero attached hydrogens (tertiary/aromatic N) is 3. The third kappa shape index (κ3) is 3.35. The van der Waals surface area contributed by atoms with E-state index in [0.29, 0.717) is 18.8 Å². The van der Waals surface area contributed by atoms with Crippen LogP contribution >= 0.6 is 11.3 Å². The molecule has 5 nitrogen and oxygen atoms in total. The van der Waals surface area contributed by atoms with Crippen LogP contribution in [0.3, 0.4) is 0 Å². The molecule has 0 saturated carbocycles. The Kier molecular flexibility index (Phi) is 4.07. The van der Waals surface area contributed by atoms with Crippen LogP contribution in [-0.4, -0.2) is 20.8 Å². The molecule has 0 atom stereocenters. The van der Waals surface area contributed by atoms with Crippen molar-refractivity contribution in [1.29, 1.82) is 0 Å². The molecule has 3 aromatic rings. The molecule has 0 aliphatic carbocycles. The maximum Gasteiger partial charge on any atom is 0.274 e. The SMILES string of the molecule is O=C(c1cnccn1)N(Cc1ccsc1)Cc1ccco1. The zero-order valence-corrected chi connectivity index (χ0v) is 12.0. The van der Waals surface area contributed by atoms with Gasteiger partial charge in [-0.1, -0.05) is 0 Å². The van der Waals surface area contributed by atoms with Gasteiger partial charge in [-0.25, -0.2) is 4.98 Å². The second-order valence-electron chi connectivity index (χ2n) is 4.46. The van der Waals surface area contributed by atoms with Crippen molar-refractivity contribution in [2.75, 3.05) is 0 Å². The van der Waals surface area contributed by atoms with Gasteiger partial charge in [0.1, 0.15) is 11.5 Å². The van der Waals surface area contributed by atoms with Crippen LogP contribution in [0.15, 0.2) is 58.2 Å². The summed E-state index contributed by atoms with van der Waals surface area (Å²) in [5.74, 6) is 0.577. The van der Waals surface area contributed by atoms with Crippen molar-refractivity contribution in [1.82, 2.24) is 14.9 Å². The third-order valence-corrected chi connectivity index (χ3v) is 3.68. The predicted octanol–water partition coefficient (Wildman–Crippen LogP) is 2.97. The lowest BCUT2D eigenvalue weighted by molar-refractivity contribution is 0.0711. The van der Waals surface area contributed by atoms with Crippen molar-refractivity contribution >= 4 is 17.2 Å². The minimum Gasteiger partial charge on any atom is -0.467 e. The third-order valence-electron chi connectivity index (χ3n) is 2.95. The molecule has 0 aromatic carbocycles. The van der Waals surface area contributed by atoms with E-state index in [-0.39, 0.29) is 5.91 Å². The first-order valence-corrected chi connectivity index (χ1v) is 7.36. The maximum atomic E-state index is 12.6. The van der Waals surface area contributed by atoms with Gasteiger partial charge in [-0.15, -0.1) is 0 Å². The van der Waals surface area contributed by atoms with Gasteiger partial charge in [0.2, 0.25) is 0 Å². The lowest BCUT2D eigenvalue weighted by Crippen LogP contribution is -2.30. The van der Waals surface area contributed by atoms with E-state index in [2.05, 4.69) is 9.97 Å². The average Bonchev–Trinajstić information content (AvgIpc) is 3.20.